The SMILES string of the molecule is CSc1ccc(-n2cc(CC3(C(F)(F)F)C=C(N)C=CN3)nn2)cc1. The fourth-order valence-electron chi connectivity index (χ4n) is 2.55. The Kier molecular flexibility index (Phi) is 4.51. The van der Waals surface area contributed by atoms with E-state index in [9.17, 15) is 13.2 Å². The molecule has 25 heavy (non-hydrogen) atoms. The summed E-state index contributed by atoms with van der Waals surface area (Å²) < 4.78 is 42.3. The third kappa shape index (κ3) is 3.51. The predicted molar refractivity (Wildman–Crippen MR) is 90.2 cm³/mol. The quantitative estimate of drug-likeness (QED) is 0.814. The maximum atomic E-state index is 13.6. The molecule has 132 valence electrons. The highest BCUT2D eigenvalue weighted by molar-refractivity contribution is 7.98. The van der Waals surface area contributed by atoms with Gasteiger partial charge >= 0.3 is 6.18 Å². The van der Waals surface area contributed by atoms with Gasteiger partial charge in [0, 0.05) is 17.0 Å². The molecular formula is C16H16F3N5S. The van der Waals surface area contributed by atoms with Gasteiger partial charge in [-0.3, -0.25) is 0 Å². The van der Waals surface area contributed by atoms with Crippen LogP contribution in [0.4, 0.5) is 13.2 Å². The molecule has 1 aromatic heterocycles. The molecule has 0 bridgehead atoms. The van der Waals surface area contributed by atoms with E-state index in [2.05, 4.69) is 15.6 Å². The van der Waals surface area contributed by atoms with Crippen molar-refractivity contribution in [3.63, 3.8) is 0 Å². The first-order valence-electron chi connectivity index (χ1n) is 7.38. The van der Waals surface area contributed by atoms with Crippen LogP contribution >= 0.6 is 11.8 Å². The first-order chi connectivity index (χ1) is 11.8. The Morgan fingerprint density at radius 3 is 2.60 bits per heavy atom. The molecule has 0 saturated heterocycles. The molecule has 1 atom stereocenters. The number of rotatable bonds is 4. The van der Waals surface area contributed by atoms with Gasteiger partial charge in [-0.2, -0.15) is 13.2 Å². The summed E-state index contributed by atoms with van der Waals surface area (Å²) in [5, 5.41) is 10.2. The maximum Gasteiger partial charge on any atom is 0.415 e. The Balaban J connectivity index is 1.87. The minimum absolute atomic E-state index is 0.0520. The van der Waals surface area contributed by atoms with Crippen molar-refractivity contribution in [3.05, 3.63) is 60.2 Å². The lowest BCUT2D eigenvalue weighted by Crippen LogP contribution is -2.56. The number of nitrogens with zero attached hydrogens (tertiary/aromatic N) is 3. The van der Waals surface area contributed by atoms with Crippen LogP contribution in [0.3, 0.4) is 0 Å². The molecule has 3 N–H and O–H groups in total. The molecule has 1 aromatic carbocycles. The minimum Gasteiger partial charge on any atom is -0.399 e. The number of hydrogen-bond acceptors (Lipinski definition) is 5. The number of halogens is 3. The largest absolute Gasteiger partial charge is 0.415 e. The van der Waals surface area contributed by atoms with E-state index >= 15 is 0 Å². The fourth-order valence-corrected chi connectivity index (χ4v) is 2.96. The molecule has 1 unspecified atom stereocenters. The van der Waals surface area contributed by atoms with Gasteiger partial charge in [-0.05, 0) is 48.9 Å². The highest BCUT2D eigenvalue weighted by Gasteiger charge is 2.54. The standard InChI is InChI=1S/C16H16F3N5S/c1-25-14-4-2-13(3-5-14)24-10-12(22-23-24)9-15(16(17,18)19)8-11(20)6-7-21-15/h2-8,10,21H,9,20H2,1H3. The van der Waals surface area contributed by atoms with Crippen molar-refractivity contribution in [2.45, 2.75) is 23.0 Å². The second-order valence-electron chi connectivity index (χ2n) is 5.62. The molecule has 1 aliphatic heterocycles. The first-order valence-corrected chi connectivity index (χ1v) is 8.60. The number of aromatic nitrogens is 3. The molecule has 3 rings (SSSR count). The number of hydrogen-bond donors (Lipinski definition) is 2. The van der Waals surface area contributed by atoms with E-state index < -0.39 is 18.1 Å². The minimum atomic E-state index is -4.54. The highest BCUT2D eigenvalue weighted by atomic mass is 32.2. The molecule has 2 aromatic rings. The van der Waals surface area contributed by atoms with Gasteiger partial charge in [0.1, 0.15) is 0 Å². The van der Waals surface area contributed by atoms with Gasteiger partial charge in [-0.1, -0.05) is 5.21 Å². The predicted octanol–water partition coefficient (Wildman–Crippen LogP) is 2.79. The number of dihydropyridines is 1. The summed E-state index contributed by atoms with van der Waals surface area (Å²) in [7, 11) is 0. The summed E-state index contributed by atoms with van der Waals surface area (Å²) in [5.41, 5.74) is 4.26. The lowest BCUT2D eigenvalue weighted by molar-refractivity contribution is -0.179. The van der Waals surface area contributed by atoms with Gasteiger partial charge in [0.15, 0.2) is 5.54 Å². The van der Waals surface area contributed by atoms with Gasteiger partial charge in [0.05, 0.1) is 17.6 Å². The molecule has 0 aliphatic carbocycles. The normalized spacial score (nSPS) is 20.2. The second-order valence-corrected chi connectivity index (χ2v) is 6.50. The average Bonchev–Trinajstić information content (AvgIpc) is 3.02. The lowest BCUT2D eigenvalue weighted by atomic mass is 9.90. The van der Waals surface area contributed by atoms with E-state index in [0.29, 0.717) is 0 Å². The molecule has 0 amide bonds. The smallest absolute Gasteiger partial charge is 0.399 e. The third-order valence-electron chi connectivity index (χ3n) is 3.87. The zero-order chi connectivity index (χ0) is 18.1. The van der Waals surface area contributed by atoms with Crippen molar-refractivity contribution in [2.75, 3.05) is 6.26 Å². The summed E-state index contributed by atoms with van der Waals surface area (Å²) in [6.45, 7) is 0. The zero-order valence-electron chi connectivity index (χ0n) is 13.3. The number of thioether (sulfide) groups is 1. The monoisotopic (exact) mass is 367 g/mol. The molecule has 0 fully saturated rings. The van der Waals surface area contributed by atoms with Gasteiger partial charge in [0.25, 0.3) is 0 Å². The van der Waals surface area contributed by atoms with Crippen LogP contribution in [0.15, 0.2) is 59.4 Å². The number of benzene rings is 1. The molecule has 0 saturated carbocycles. The van der Waals surface area contributed by atoms with Gasteiger partial charge in [0.2, 0.25) is 0 Å². The van der Waals surface area contributed by atoms with Gasteiger partial charge in [-0.25, -0.2) is 4.68 Å². The van der Waals surface area contributed by atoms with E-state index in [0.717, 1.165) is 16.7 Å². The summed E-state index contributed by atoms with van der Waals surface area (Å²) in [4.78, 5) is 1.08. The van der Waals surface area contributed by atoms with Crippen molar-refractivity contribution >= 4 is 11.8 Å². The second kappa shape index (κ2) is 6.47. The van der Waals surface area contributed by atoms with Crippen molar-refractivity contribution < 1.29 is 13.2 Å². The van der Waals surface area contributed by atoms with Crippen LogP contribution in [0, 0.1) is 0 Å². The summed E-state index contributed by atoms with van der Waals surface area (Å²) >= 11 is 1.60. The Morgan fingerprint density at radius 1 is 1.28 bits per heavy atom. The van der Waals surface area contributed by atoms with Gasteiger partial charge < -0.3 is 11.1 Å². The van der Waals surface area contributed by atoms with Crippen LogP contribution in [0.5, 0.6) is 0 Å². The Bertz CT molecular complexity index is 810. The van der Waals surface area contributed by atoms with Crippen molar-refractivity contribution in [1.82, 2.24) is 20.3 Å². The molecule has 9 heteroatoms. The first kappa shape index (κ1) is 17.4. The molecular weight excluding hydrogens is 351 g/mol. The van der Waals surface area contributed by atoms with E-state index in [1.807, 2.05) is 30.5 Å². The van der Waals surface area contributed by atoms with E-state index in [4.69, 9.17) is 5.73 Å². The van der Waals surface area contributed by atoms with Crippen LogP contribution in [-0.4, -0.2) is 33.0 Å². The molecule has 1 aliphatic rings. The summed E-state index contributed by atoms with van der Waals surface area (Å²) in [6.07, 6.45) is 2.06. The Hall–Kier alpha value is -2.42. The summed E-state index contributed by atoms with van der Waals surface area (Å²) in [5.74, 6) is 0. The third-order valence-corrected chi connectivity index (χ3v) is 4.62. The van der Waals surface area contributed by atoms with Crippen LogP contribution in [-0.2, 0) is 6.42 Å². The van der Waals surface area contributed by atoms with Crippen LogP contribution in [0.1, 0.15) is 5.69 Å². The Labute approximate surface area is 146 Å². The highest BCUT2D eigenvalue weighted by Crippen LogP contribution is 2.36. The van der Waals surface area contributed by atoms with E-state index in [1.54, 1.807) is 11.8 Å². The number of alkyl halides is 3. The Morgan fingerprint density at radius 2 is 2.00 bits per heavy atom. The van der Waals surface area contributed by atoms with Crippen LogP contribution in [0.25, 0.3) is 5.69 Å². The number of allylic oxidation sites excluding steroid dienone is 1. The number of nitrogens with one attached hydrogen (secondary N) is 1. The van der Waals surface area contributed by atoms with Crippen LogP contribution < -0.4 is 11.1 Å². The molecule has 0 spiro atoms. The van der Waals surface area contributed by atoms with Crippen LogP contribution in [0.2, 0.25) is 0 Å². The van der Waals surface area contributed by atoms with Crippen molar-refractivity contribution in [3.8, 4) is 5.69 Å². The number of nitrogens with two attached hydrogens (primary N) is 1. The molecule has 0 radical (unpaired) electrons. The fraction of sp³-hybridized carbons (Fsp3) is 0.250. The average molecular weight is 367 g/mol. The maximum absolute atomic E-state index is 13.6. The van der Waals surface area contributed by atoms with Crippen molar-refractivity contribution in [2.24, 2.45) is 5.73 Å². The summed E-state index contributed by atoms with van der Waals surface area (Å²) in [6, 6.07) is 7.50. The molecule has 2 heterocycles. The zero-order valence-corrected chi connectivity index (χ0v) is 14.1. The van der Waals surface area contributed by atoms with Crippen molar-refractivity contribution in [1.29, 1.82) is 0 Å². The van der Waals surface area contributed by atoms with E-state index in [-0.39, 0.29) is 11.4 Å². The van der Waals surface area contributed by atoms with E-state index in [1.165, 1.54) is 23.2 Å². The van der Waals surface area contributed by atoms with Gasteiger partial charge in [-0.15, -0.1) is 16.9 Å². The topological polar surface area (TPSA) is 68.8 Å². The lowest BCUT2D eigenvalue weighted by Gasteiger charge is -2.35. The molecule has 5 nitrogen and oxygen atoms in total.